The van der Waals surface area contributed by atoms with Crippen molar-refractivity contribution >= 4 is 10.9 Å². The van der Waals surface area contributed by atoms with Gasteiger partial charge >= 0.3 is 0 Å². The molecule has 0 fully saturated rings. The maximum Gasteiger partial charge on any atom is 0.0705 e. The lowest BCUT2D eigenvalue weighted by atomic mass is 10.0. The van der Waals surface area contributed by atoms with Gasteiger partial charge < -0.3 is 5.32 Å². The fourth-order valence-corrected chi connectivity index (χ4v) is 2.74. The predicted octanol–water partition coefficient (Wildman–Crippen LogP) is 4.73. The van der Waals surface area contributed by atoms with Gasteiger partial charge in [-0.05, 0) is 31.5 Å². The number of unbranched alkanes of at least 4 members (excludes halogenated alkanes) is 2. The molecule has 1 unspecified atom stereocenters. The summed E-state index contributed by atoms with van der Waals surface area (Å²) in [5.41, 5.74) is 2.32. The average molecular weight is 284 g/mol. The number of benzene rings is 1. The number of aromatic nitrogens is 1. The van der Waals surface area contributed by atoms with Gasteiger partial charge in [0, 0.05) is 23.5 Å². The van der Waals surface area contributed by atoms with Crippen molar-refractivity contribution in [3.8, 4) is 0 Å². The molecule has 1 aromatic heterocycles. The molecule has 21 heavy (non-hydrogen) atoms. The van der Waals surface area contributed by atoms with Crippen molar-refractivity contribution in [2.75, 3.05) is 6.54 Å². The summed E-state index contributed by atoms with van der Waals surface area (Å²) in [6, 6.07) is 13.3. The van der Waals surface area contributed by atoms with Gasteiger partial charge in [-0.3, -0.25) is 4.98 Å². The highest BCUT2D eigenvalue weighted by Crippen LogP contribution is 2.14. The van der Waals surface area contributed by atoms with Gasteiger partial charge in [0.05, 0.1) is 5.52 Å². The summed E-state index contributed by atoms with van der Waals surface area (Å²) in [5.74, 6) is 0. The summed E-state index contributed by atoms with van der Waals surface area (Å²) in [6.07, 6.45) is 7.40. The quantitative estimate of drug-likeness (QED) is 0.674. The molecule has 0 spiro atoms. The second-order valence-electron chi connectivity index (χ2n) is 5.85. The van der Waals surface area contributed by atoms with E-state index in [1.807, 2.05) is 0 Å². The number of para-hydroxylation sites is 1. The van der Waals surface area contributed by atoms with E-state index in [0.29, 0.717) is 6.04 Å². The molecule has 0 amide bonds. The smallest absolute Gasteiger partial charge is 0.0705 e. The summed E-state index contributed by atoms with van der Waals surface area (Å²) < 4.78 is 0. The Bertz CT molecular complexity index is 536. The molecule has 0 saturated carbocycles. The summed E-state index contributed by atoms with van der Waals surface area (Å²) >= 11 is 0. The van der Waals surface area contributed by atoms with Gasteiger partial charge in [0.2, 0.25) is 0 Å². The highest BCUT2D eigenvalue weighted by atomic mass is 14.9. The molecule has 0 radical (unpaired) electrons. The Morgan fingerprint density at radius 3 is 2.67 bits per heavy atom. The number of hydrogen-bond acceptors (Lipinski definition) is 2. The zero-order valence-electron chi connectivity index (χ0n) is 13.4. The van der Waals surface area contributed by atoms with Gasteiger partial charge in [-0.25, -0.2) is 0 Å². The van der Waals surface area contributed by atoms with Crippen LogP contribution >= 0.6 is 0 Å². The normalized spacial score (nSPS) is 12.7. The summed E-state index contributed by atoms with van der Waals surface area (Å²) in [7, 11) is 0. The van der Waals surface area contributed by atoms with E-state index < -0.39 is 0 Å². The average Bonchev–Trinajstić information content (AvgIpc) is 2.52. The van der Waals surface area contributed by atoms with Gasteiger partial charge in [0.25, 0.3) is 0 Å². The first-order valence-corrected chi connectivity index (χ1v) is 8.41. The van der Waals surface area contributed by atoms with Crippen LogP contribution in [0.25, 0.3) is 10.9 Å². The predicted molar refractivity (Wildman–Crippen MR) is 91.7 cm³/mol. The van der Waals surface area contributed by atoms with Gasteiger partial charge in [-0.2, -0.15) is 0 Å². The molecule has 2 aromatic rings. The highest BCUT2D eigenvalue weighted by molar-refractivity contribution is 5.78. The van der Waals surface area contributed by atoms with Gasteiger partial charge in [0.1, 0.15) is 0 Å². The van der Waals surface area contributed by atoms with Crippen molar-refractivity contribution in [2.45, 2.75) is 58.4 Å². The molecule has 114 valence electrons. The Balaban J connectivity index is 2.01. The van der Waals surface area contributed by atoms with Crippen LogP contribution in [0.2, 0.25) is 0 Å². The Hall–Kier alpha value is -1.41. The first-order chi connectivity index (χ1) is 10.3. The molecule has 1 heterocycles. The van der Waals surface area contributed by atoms with Crippen molar-refractivity contribution in [1.82, 2.24) is 10.3 Å². The van der Waals surface area contributed by atoms with E-state index in [9.17, 15) is 0 Å². The third-order valence-corrected chi connectivity index (χ3v) is 3.95. The molecule has 0 bridgehead atoms. The highest BCUT2D eigenvalue weighted by Gasteiger charge is 2.10. The van der Waals surface area contributed by atoms with E-state index in [1.54, 1.807) is 0 Å². The van der Waals surface area contributed by atoms with Gasteiger partial charge in [-0.15, -0.1) is 0 Å². The lowest BCUT2D eigenvalue weighted by molar-refractivity contribution is 0.453. The molecule has 1 atom stereocenters. The van der Waals surface area contributed by atoms with E-state index >= 15 is 0 Å². The van der Waals surface area contributed by atoms with Crippen LogP contribution in [0.15, 0.2) is 36.4 Å². The molecule has 2 heteroatoms. The summed E-state index contributed by atoms with van der Waals surface area (Å²) in [6.45, 7) is 5.59. The van der Waals surface area contributed by atoms with Crippen LogP contribution in [-0.4, -0.2) is 17.6 Å². The largest absolute Gasteiger partial charge is 0.314 e. The first-order valence-electron chi connectivity index (χ1n) is 8.41. The third kappa shape index (κ3) is 5.13. The molecule has 0 aliphatic heterocycles. The van der Waals surface area contributed by atoms with Crippen molar-refractivity contribution in [3.63, 3.8) is 0 Å². The topological polar surface area (TPSA) is 24.9 Å². The molecule has 2 nitrogen and oxygen atoms in total. The van der Waals surface area contributed by atoms with Crippen LogP contribution < -0.4 is 5.32 Å². The van der Waals surface area contributed by atoms with Crippen LogP contribution in [0.4, 0.5) is 0 Å². The molecule has 1 N–H and O–H groups in total. The van der Waals surface area contributed by atoms with Crippen LogP contribution in [0.1, 0.15) is 51.6 Å². The lowest BCUT2D eigenvalue weighted by Crippen LogP contribution is -2.32. The van der Waals surface area contributed by atoms with Crippen LogP contribution in [0, 0.1) is 0 Å². The Kier molecular flexibility index (Phi) is 6.68. The second kappa shape index (κ2) is 8.78. The fourth-order valence-electron chi connectivity index (χ4n) is 2.74. The molecule has 2 rings (SSSR count). The third-order valence-electron chi connectivity index (χ3n) is 3.95. The van der Waals surface area contributed by atoms with E-state index in [-0.39, 0.29) is 0 Å². The number of fused-ring (bicyclic) bond motifs is 1. The van der Waals surface area contributed by atoms with E-state index in [2.05, 4.69) is 55.6 Å². The van der Waals surface area contributed by atoms with Crippen LogP contribution in [-0.2, 0) is 6.42 Å². The lowest BCUT2D eigenvalue weighted by Gasteiger charge is -2.18. The first kappa shape index (κ1) is 16.0. The van der Waals surface area contributed by atoms with E-state index in [4.69, 9.17) is 4.98 Å². The number of nitrogens with one attached hydrogen (secondary N) is 1. The molecule has 1 aromatic carbocycles. The molecule has 0 saturated heterocycles. The molecule has 0 aliphatic carbocycles. The number of pyridine rings is 1. The van der Waals surface area contributed by atoms with Crippen molar-refractivity contribution in [1.29, 1.82) is 0 Å². The zero-order valence-corrected chi connectivity index (χ0v) is 13.4. The summed E-state index contributed by atoms with van der Waals surface area (Å²) in [4.78, 5) is 4.81. The van der Waals surface area contributed by atoms with Crippen molar-refractivity contribution in [2.24, 2.45) is 0 Å². The van der Waals surface area contributed by atoms with Gasteiger partial charge in [0.15, 0.2) is 0 Å². The standard InChI is InChI=1S/C19H28N2/c1-3-5-6-10-17(20-14-4-2)15-18-13-12-16-9-7-8-11-19(16)21-18/h7-9,11-13,17,20H,3-6,10,14-15H2,1-2H3. The molecule has 0 aliphatic rings. The SMILES string of the molecule is CCCCCC(Cc1ccc2ccccc2n1)NCCC. The fraction of sp³-hybridized carbons (Fsp3) is 0.526. The van der Waals surface area contributed by atoms with Gasteiger partial charge in [-0.1, -0.05) is 57.4 Å². The van der Waals surface area contributed by atoms with Crippen molar-refractivity contribution in [3.05, 3.63) is 42.1 Å². The number of hydrogen-bond donors (Lipinski definition) is 1. The van der Waals surface area contributed by atoms with E-state index in [1.165, 1.54) is 43.2 Å². The minimum absolute atomic E-state index is 0.560. The van der Waals surface area contributed by atoms with Crippen LogP contribution in [0.3, 0.4) is 0 Å². The molecular weight excluding hydrogens is 256 g/mol. The summed E-state index contributed by atoms with van der Waals surface area (Å²) in [5, 5.41) is 4.91. The minimum atomic E-state index is 0.560. The molecular formula is C19H28N2. The van der Waals surface area contributed by atoms with Crippen molar-refractivity contribution < 1.29 is 0 Å². The second-order valence-corrected chi connectivity index (χ2v) is 5.85. The van der Waals surface area contributed by atoms with E-state index in [0.717, 1.165) is 18.5 Å². The number of nitrogens with zero attached hydrogens (tertiary/aromatic N) is 1. The Morgan fingerprint density at radius 1 is 1.00 bits per heavy atom. The van der Waals surface area contributed by atoms with Crippen LogP contribution in [0.5, 0.6) is 0 Å². The maximum absolute atomic E-state index is 4.81. The Labute approximate surface area is 129 Å². The number of rotatable bonds is 9. The maximum atomic E-state index is 4.81. The Morgan fingerprint density at radius 2 is 1.86 bits per heavy atom. The minimum Gasteiger partial charge on any atom is -0.314 e. The monoisotopic (exact) mass is 284 g/mol. The zero-order chi connectivity index (χ0) is 14.9.